The summed E-state index contributed by atoms with van der Waals surface area (Å²) in [6.07, 6.45) is 1.48. The summed E-state index contributed by atoms with van der Waals surface area (Å²) in [5, 5.41) is 21.9. The Kier molecular flexibility index (Phi) is 7.60. The molecule has 10 heteroatoms. The van der Waals surface area contributed by atoms with Crippen LogP contribution >= 0.6 is 11.6 Å². The number of hydrogen-bond donors (Lipinski definition) is 1. The van der Waals surface area contributed by atoms with Gasteiger partial charge in [-0.3, -0.25) is 4.79 Å². The van der Waals surface area contributed by atoms with Crippen molar-refractivity contribution in [2.24, 2.45) is 0 Å². The van der Waals surface area contributed by atoms with Crippen LogP contribution in [0, 0.1) is 13.8 Å². The minimum Gasteiger partial charge on any atom is -0.322 e. The van der Waals surface area contributed by atoms with Crippen molar-refractivity contribution in [2.75, 3.05) is 5.32 Å². The molecule has 9 nitrogen and oxygen atoms in total. The van der Waals surface area contributed by atoms with E-state index in [-0.39, 0.29) is 23.0 Å². The molecular weight excluding hydrogens is 596 g/mol. The lowest BCUT2D eigenvalue weighted by Crippen LogP contribution is -2.40. The first-order valence-electron chi connectivity index (χ1n) is 14.8. The lowest BCUT2D eigenvalue weighted by atomic mass is 9.77. The molecule has 7 rings (SSSR count). The van der Waals surface area contributed by atoms with Gasteiger partial charge in [0.05, 0.1) is 21.7 Å². The van der Waals surface area contributed by atoms with Crippen LogP contribution in [0.25, 0.3) is 11.0 Å². The van der Waals surface area contributed by atoms with Gasteiger partial charge in [-0.1, -0.05) is 120 Å². The number of aryl methyl sites for hydroxylation is 2. The molecule has 0 aliphatic rings. The number of rotatable bonds is 8. The average molecular weight is 625 g/mol. The number of tetrazole rings is 1. The van der Waals surface area contributed by atoms with E-state index in [4.69, 9.17) is 16.7 Å². The van der Waals surface area contributed by atoms with E-state index < -0.39 is 5.54 Å². The van der Waals surface area contributed by atoms with Crippen LogP contribution in [0.3, 0.4) is 0 Å². The zero-order valence-corrected chi connectivity index (χ0v) is 25.9. The predicted molar refractivity (Wildman–Crippen MR) is 178 cm³/mol. The molecule has 1 N–H and O–H groups in total. The fraction of sp³-hybridized carbons (Fsp3) is 0.111. The van der Waals surface area contributed by atoms with Gasteiger partial charge in [0.2, 0.25) is 0 Å². The van der Waals surface area contributed by atoms with Gasteiger partial charge >= 0.3 is 0 Å². The SMILES string of the molecule is Cc1ccc(NC(=O)c2cnc3c(c(C)nn3Cc3nnnn3C(c3ccccc3)(c3ccccc3)c3ccccc3)c2Cl)cc1. The molecule has 0 fully saturated rings. The number of nitrogens with zero attached hydrogens (tertiary/aromatic N) is 7. The maximum atomic E-state index is 13.2. The molecule has 1 amide bonds. The number of anilines is 1. The first-order chi connectivity index (χ1) is 22.5. The number of carbonyl (C=O) groups excluding carboxylic acids is 1. The maximum absolute atomic E-state index is 13.2. The number of fused-ring (bicyclic) bond motifs is 1. The number of pyridine rings is 1. The van der Waals surface area contributed by atoms with E-state index in [0.29, 0.717) is 28.2 Å². The summed E-state index contributed by atoms with van der Waals surface area (Å²) in [4.78, 5) is 17.9. The number of carbonyl (C=O) groups is 1. The Bertz CT molecular complexity index is 2050. The van der Waals surface area contributed by atoms with Crippen molar-refractivity contribution in [1.82, 2.24) is 35.0 Å². The van der Waals surface area contributed by atoms with Gasteiger partial charge in [0.25, 0.3) is 5.91 Å². The van der Waals surface area contributed by atoms with E-state index in [0.717, 1.165) is 22.3 Å². The molecule has 0 aliphatic heterocycles. The molecule has 0 spiro atoms. The highest BCUT2D eigenvalue weighted by atomic mass is 35.5. The van der Waals surface area contributed by atoms with E-state index in [1.807, 2.05) is 97.4 Å². The Morgan fingerprint density at radius 2 is 1.37 bits per heavy atom. The third-order valence-corrected chi connectivity index (χ3v) is 8.54. The number of benzene rings is 4. The third kappa shape index (κ3) is 5.00. The third-order valence-electron chi connectivity index (χ3n) is 8.14. The number of hydrogen-bond acceptors (Lipinski definition) is 6. The van der Waals surface area contributed by atoms with Crippen LogP contribution in [0.4, 0.5) is 5.69 Å². The zero-order chi connectivity index (χ0) is 31.7. The van der Waals surface area contributed by atoms with Crippen molar-refractivity contribution < 1.29 is 4.79 Å². The second-order valence-electron chi connectivity index (χ2n) is 11.1. The molecule has 0 saturated carbocycles. The monoisotopic (exact) mass is 624 g/mol. The summed E-state index contributed by atoms with van der Waals surface area (Å²) >= 11 is 6.87. The Labute approximate surface area is 270 Å². The zero-order valence-electron chi connectivity index (χ0n) is 25.2. The standard InChI is InChI=1S/C36H29ClN8O/c1-24-18-20-29(21-19-24)39-35(46)30-22-38-34-32(33(30)37)25(2)41-44(34)23-31-40-42-43-45(31)36(26-12-6-3-7-13-26,27-14-8-4-9-15-27)28-16-10-5-11-17-28/h3-22H,23H2,1-2H3,(H,39,46). The molecule has 3 aromatic heterocycles. The van der Waals surface area contributed by atoms with E-state index in [2.05, 4.69) is 62.2 Å². The predicted octanol–water partition coefficient (Wildman–Crippen LogP) is 6.83. The number of nitrogens with one attached hydrogen (secondary N) is 1. The van der Waals surface area contributed by atoms with Gasteiger partial charge in [-0.05, 0) is 53.1 Å². The number of amides is 1. The quantitative estimate of drug-likeness (QED) is 0.186. The van der Waals surface area contributed by atoms with Gasteiger partial charge < -0.3 is 5.32 Å². The fourth-order valence-corrected chi connectivity index (χ4v) is 6.34. The molecule has 46 heavy (non-hydrogen) atoms. The molecule has 4 aromatic carbocycles. The van der Waals surface area contributed by atoms with Crippen LogP contribution in [0.1, 0.15) is 44.1 Å². The van der Waals surface area contributed by atoms with Gasteiger partial charge in [-0.25, -0.2) is 14.3 Å². The number of halogens is 1. The smallest absolute Gasteiger partial charge is 0.258 e. The summed E-state index contributed by atoms with van der Waals surface area (Å²) in [5.74, 6) is 0.206. The van der Waals surface area contributed by atoms with Gasteiger partial charge in [-0.2, -0.15) is 5.10 Å². The van der Waals surface area contributed by atoms with Crippen molar-refractivity contribution in [3.63, 3.8) is 0 Å². The molecule has 0 unspecified atom stereocenters. The molecule has 0 radical (unpaired) electrons. The average Bonchev–Trinajstić information content (AvgIpc) is 3.68. The Balaban J connectivity index is 1.33. The first kappa shape index (κ1) is 29.1. The summed E-state index contributed by atoms with van der Waals surface area (Å²) < 4.78 is 3.59. The molecule has 0 atom stereocenters. The van der Waals surface area contributed by atoms with E-state index in [1.54, 1.807) is 4.68 Å². The van der Waals surface area contributed by atoms with Crippen LogP contribution in [-0.2, 0) is 12.1 Å². The lowest BCUT2D eigenvalue weighted by molar-refractivity contribution is 0.102. The van der Waals surface area contributed by atoms with Crippen molar-refractivity contribution >= 4 is 34.2 Å². The molecule has 0 saturated heterocycles. The van der Waals surface area contributed by atoms with Crippen LogP contribution in [0.2, 0.25) is 5.02 Å². The molecule has 0 aliphatic carbocycles. The molecule has 0 bridgehead atoms. The van der Waals surface area contributed by atoms with Crippen LogP contribution in [-0.4, -0.2) is 40.9 Å². The summed E-state index contributed by atoms with van der Waals surface area (Å²) in [6, 6.07) is 38.2. The second kappa shape index (κ2) is 12.0. The Hall–Kier alpha value is -5.67. The van der Waals surface area contributed by atoms with Crippen LogP contribution < -0.4 is 5.32 Å². The largest absolute Gasteiger partial charge is 0.322 e. The van der Waals surface area contributed by atoms with Gasteiger partial charge in [0.1, 0.15) is 12.1 Å². The highest BCUT2D eigenvalue weighted by Gasteiger charge is 2.41. The van der Waals surface area contributed by atoms with Gasteiger partial charge in [0, 0.05) is 11.9 Å². The van der Waals surface area contributed by atoms with Crippen molar-refractivity contribution in [1.29, 1.82) is 0 Å². The fourth-order valence-electron chi connectivity index (χ4n) is 5.98. The molecule has 226 valence electrons. The molecular formula is C36H29ClN8O. The second-order valence-corrected chi connectivity index (χ2v) is 11.4. The topological polar surface area (TPSA) is 103 Å². The number of aromatic nitrogens is 7. The summed E-state index contributed by atoms with van der Waals surface area (Å²) in [7, 11) is 0. The lowest BCUT2D eigenvalue weighted by Gasteiger charge is -2.36. The molecule has 3 heterocycles. The Morgan fingerprint density at radius 3 is 1.93 bits per heavy atom. The van der Waals surface area contributed by atoms with E-state index in [9.17, 15) is 4.79 Å². The van der Waals surface area contributed by atoms with Crippen molar-refractivity contribution in [3.8, 4) is 0 Å². The summed E-state index contributed by atoms with van der Waals surface area (Å²) in [6.45, 7) is 4.04. The van der Waals surface area contributed by atoms with Crippen molar-refractivity contribution in [3.05, 3.63) is 166 Å². The van der Waals surface area contributed by atoms with Gasteiger partial charge in [-0.15, -0.1) is 5.10 Å². The van der Waals surface area contributed by atoms with Gasteiger partial charge in [0.15, 0.2) is 11.5 Å². The highest BCUT2D eigenvalue weighted by Crippen LogP contribution is 2.41. The van der Waals surface area contributed by atoms with Crippen molar-refractivity contribution in [2.45, 2.75) is 25.9 Å². The minimum absolute atomic E-state index is 0.198. The van der Waals surface area contributed by atoms with E-state index >= 15 is 0 Å². The first-order valence-corrected chi connectivity index (χ1v) is 15.2. The molecule has 7 aromatic rings. The Morgan fingerprint density at radius 1 is 0.804 bits per heavy atom. The normalized spacial score (nSPS) is 11.5. The van der Waals surface area contributed by atoms with E-state index in [1.165, 1.54) is 6.20 Å². The minimum atomic E-state index is -0.896. The summed E-state index contributed by atoms with van der Waals surface area (Å²) in [5.41, 5.74) is 5.27. The maximum Gasteiger partial charge on any atom is 0.258 e. The highest BCUT2D eigenvalue weighted by molar-refractivity contribution is 6.39. The van der Waals surface area contributed by atoms with Crippen LogP contribution in [0.15, 0.2) is 121 Å². The van der Waals surface area contributed by atoms with Crippen LogP contribution in [0.5, 0.6) is 0 Å².